The van der Waals surface area contributed by atoms with E-state index in [1.54, 1.807) is 18.2 Å². The Morgan fingerprint density at radius 2 is 2.23 bits per heavy atom. The maximum atomic E-state index is 12.7. The van der Waals surface area contributed by atoms with Crippen molar-refractivity contribution in [3.63, 3.8) is 0 Å². The van der Waals surface area contributed by atoms with Crippen molar-refractivity contribution >= 4 is 10.9 Å². The number of halogens is 1. The van der Waals surface area contributed by atoms with E-state index < -0.39 is 0 Å². The van der Waals surface area contributed by atoms with Crippen LogP contribution in [-0.4, -0.2) is 10.1 Å². The number of pyridine rings is 1. The molecule has 1 N–H and O–H groups in total. The van der Waals surface area contributed by atoms with Gasteiger partial charge in [-0.25, -0.2) is 4.39 Å². The molecule has 1 heterocycles. The zero-order chi connectivity index (χ0) is 9.26. The summed E-state index contributed by atoms with van der Waals surface area (Å²) < 4.78 is 12.7. The van der Waals surface area contributed by atoms with E-state index in [1.165, 1.54) is 6.07 Å². The molecule has 2 aromatic rings. The molecule has 0 saturated carbocycles. The molecule has 2 nitrogen and oxygen atoms in total. The highest BCUT2D eigenvalue weighted by Crippen LogP contribution is 2.16. The maximum Gasteiger partial charge on any atom is 0.142 e. The highest BCUT2D eigenvalue weighted by atomic mass is 19.1. The summed E-state index contributed by atoms with van der Waals surface area (Å²) in [7, 11) is 0. The first kappa shape index (κ1) is 8.13. The molecule has 0 radical (unpaired) electrons. The van der Waals surface area contributed by atoms with Gasteiger partial charge in [0.25, 0.3) is 0 Å². The summed E-state index contributed by atoms with van der Waals surface area (Å²) in [6, 6.07) is 6.72. The Morgan fingerprint density at radius 3 is 3.00 bits per heavy atom. The molecule has 2 rings (SSSR count). The second-order valence-electron chi connectivity index (χ2n) is 2.80. The molecule has 0 aliphatic rings. The molecule has 0 aliphatic carbocycles. The number of aliphatic hydroxyl groups excluding tert-OH is 1. The molecule has 0 bridgehead atoms. The van der Waals surface area contributed by atoms with E-state index in [-0.39, 0.29) is 12.4 Å². The molecule has 0 unspecified atom stereocenters. The molecule has 0 aliphatic heterocycles. The first-order valence-corrected chi connectivity index (χ1v) is 3.95. The van der Waals surface area contributed by atoms with Gasteiger partial charge in [-0.15, -0.1) is 0 Å². The number of nitrogens with zero attached hydrogens (tertiary/aromatic N) is 1. The second kappa shape index (κ2) is 3.11. The molecule has 1 aromatic heterocycles. The average Bonchev–Trinajstić information content (AvgIpc) is 2.16. The van der Waals surface area contributed by atoms with Crippen molar-refractivity contribution in [2.45, 2.75) is 6.61 Å². The smallest absolute Gasteiger partial charge is 0.142 e. The van der Waals surface area contributed by atoms with Gasteiger partial charge in [-0.05, 0) is 6.07 Å². The Balaban J connectivity index is 2.77. The minimum atomic E-state index is -0.359. The highest BCUT2D eigenvalue weighted by Gasteiger charge is 2.01. The number of aliphatic hydroxyl groups is 1. The minimum absolute atomic E-state index is 0.0734. The lowest BCUT2D eigenvalue weighted by molar-refractivity contribution is 0.283. The van der Waals surface area contributed by atoms with Gasteiger partial charge in [-0.3, -0.25) is 4.98 Å². The molecular formula is C10H8FNO. The SMILES string of the molecule is OCc1cccc2cc(F)cnc12. The Bertz CT molecular complexity index is 442. The number of aromatic nitrogens is 1. The van der Waals surface area contributed by atoms with Crippen LogP contribution in [0.4, 0.5) is 4.39 Å². The van der Waals surface area contributed by atoms with Crippen LogP contribution in [0.3, 0.4) is 0 Å². The van der Waals surface area contributed by atoms with Crippen molar-refractivity contribution < 1.29 is 9.50 Å². The Kier molecular flexibility index (Phi) is 1.94. The molecule has 0 amide bonds. The molecular weight excluding hydrogens is 169 g/mol. The minimum Gasteiger partial charge on any atom is -0.392 e. The Labute approximate surface area is 74.7 Å². The van der Waals surface area contributed by atoms with Crippen LogP contribution in [0.1, 0.15) is 5.56 Å². The molecule has 13 heavy (non-hydrogen) atoms. The standard InChI is InChI=1S/C10H8FNO/c11-9-4-7-2-1-3-8(6-13)10(7)12-5-9/h1-5,13H,6H2. The van der Waals surface area contributed by atoms with E-state index >= 15 is 0 Å². The van der Waals surface area contributed by atoms with Crippen molar-refractivity contribution in [3.8, 4) is 0 Å². The molecule has 1 aromatic carbocycles. The first-order chi connectivity index (χ1) is 6.31. The first-order valence-electron chi connectivity index (χ1n) is 3.95. The maximum absolute atomic E-state index is 12.7. The van der Waals surface area contributed by atoms with Gasteiger partial charge >= 0.3 is 0 Å². The quantitative estimate of drug-likeness (QED) is 0.721. The molecule has 0 atom stereocenters. The topological polar surface area (TPSA) is 33.1 Å². The zero-order valence-corrected chi connectivity index (χ0v) is 6.87. The van der Waals surface area contributed by atoms with E-state index in [4.69, 9.17) is 5.11 Å². The van der Waals surface area contributed by atoms with E-state index in [9.17, 15) is 4.39 Å². The van der Waals surface area contributed by atoms with E-state index in [0.29, 0.717) is 10.9 Å². The lowest BCUT2D eigenvalue weighted by Gasteiger charge is -2.01. The summed E-state index contributed by atoms with van der Waals surface area (Å²) in [6.07, 6.45) is 1.15. The third-order valence-electron chi connectivity index (χ3n) is 1.93. The molecule has 0 saturated heterocycles. The number of benzene rings is 1. The third kappa shape index (κ3) is 1.38. The van der Waals surface area contributed by atoms with Crippen LogP contribution >= 0.6 is 0 Å². The monoisotopic (exact) mass is 177 g/mol. The van der Waals surface area contributed by atoms with Gasteiger partial charge in [0.2, 0.25) is 0 Å². The van der Waals surface area contributed by atoms with E-state index in [1.807, 2.05) is 0 Å². The third-order valence-corrected chi connectivity index (χ3v) is 1.93. The fraction of sp³-hybridized carbons (Fsp3) is 0.100. The van der Waals surface area contributed by atoms with Crippen LogP contribution in [0.15, 0.2) is 30.5 Å². The number of hydrogen-bond donors (Lipinski definition) is 1. The van der Waals surface area contributed by atoms with Crippen molar-refractivity contribution in [2.24, 2.45) is 0 Å². The number of para-hydroxylation sites is 1. The van der Waals surface area contributed by atoms with E-state index in [2.05, 4.69) is 4.98 Å². The summed E-state index contributed by atoms with van der Waals surface area (Å²) >= 11 is 0. The van der Waals surface area contributed by atoms with Crippen LogP contribution in [0.2, 0.25) is 0 Å². The average molecular weight is 177 g/mol. The predicted octanol–water partition coefficient (Wildman–Crippen LogP) is 1.87. The summed E-state index contributed by atoms with van der Waals surface area (Å²) in [5.41, 5.74) is 1.38. The molecule has 0 spiro atoms. The van der Waals surface area contributed by atoms with Crippen LogP contribution in [0.25, 0.3) is 10.9 Å². The lowest BCUT2D eigenvalue weighted by Crippen LogP contribution is -1.89. The molecule has 66 valence electrons. The summed E-state index contributed by atoms with van der Waals surface area (Å²) in [4.78, 5) is 3.92. The van der Waals surface area contributed by atoms with Crippen molar-refractivity contribution in [3.05, 3.63) is 41.8 Å². The van der Waals surface area contributed by atoms with Crippen LogP contribution in [0, 0.1) is 5.82 Å². The predicted molar refractivity (Wildman–Crippen MR) is 47.6 cm³/mol. The number of fused-ring (bicyclic) bond motifs is 1. The summed E-state index contributed by atoms with van der Waals surface area (Å²) in [6.45, 7) is -0.0734. The Hall–Kier alpha value is -1.48. The number of hydrogen-bond acceptors (Lipinski definition) is 2. The lowest BCUT2D eigenvalue weighted by atomic mass is 10.1. The molecule has 3 heteroatoms. The number of rotatable bonds is 1. The van der Waals surface area contributed by atoms with Crippen molar-refractivity contribution in [2.75, 3.05) is 0 Å². The highest BCUT2D eigenvalue weighted by molar-refractivity contribution is 5.81. The van der Waals surface area contributed by atoms with Gasteiger partial charge in [0.05, 0.1) is 18.3 Å². The molecule has 0 fully saturated rings. The fourth-order valence-corrected chi connectivity index (χ4v) is 1.32. The zero-order valence-electron chi connectivity index (χ0n) is 6.87. The summed E-state index contributed by atoms with van der Waals surface area (Å²) in [5.74, 6) is -0.359. The fourth-order valence-electron chi connectivity index (χ4n) is 1.32. The normalized spacial score (nSPS) is 10.6. The largest absolute Gasteiger partial charge is 0.392 e. The summed E-state index contributed by atoms with van der Waals surface area (Å²) in [5, 5.41) is 9.69. The van der Waals surface area contributed by atoms with Gasteiger partial charge < -0.3 is 5.11 Å². The van der Waals surface area contributed by atoms with Crippen LogP contribution < -0.4 is 0 Å². The van der Waals surface area contributed by atoms with Gasteiger partial charge in [-0.1, -0.05) is 18.2 Å². The van der Waals surface area contributed by atoms with Gasteiger partial charge in [0.1, 0.15) is 5.82 Å². The Morgan fingerprint density at radius 1 is 1.38 bits per heavy atom. The van der Waals surface area contributed by atoms with Gasteiger partial charge in [0.15, 0.2) is 0 Å². The van der Waals surface area contributed by atoms with Crippen LogP contribution in [-0.2, 0) is 6.61 Å². The second-order valence-corrected chi connectivity index (χ2v) is 2.80. The van der Waals surface area contributed by atoms with Gasteiger partial charge in [0, 0.05) is 10.9 Å². The van der Waals surface area contributed by atoms with Crippen LogP contribution in [0.5, 0.6) is 0 Å². The van der Waals surface area contributed by atoms with Gasteiger partial charge in [-0.2, -0.15) is 0 Å². The van der Waals surface area contributed by atoms with E-state index in [0.717, 1.165) is 11.8 Å². The van der Waals surface area contributed by atoms with Crippen molar-refractivity contribution in [1.29, 1.82) is 0 Å². The van der Waals surface area contributed by atoms with Crippen molar-refractivity contribution in [1.82, 2.24) is 4.98 Å².